The van der Waals surface area contributed by atoms with Crippen molar-refractivity contribution in [3.63, 3.8) is 0 Å². The van der Waals surface area contributed by atoms with Crippen LogP contribution >= 0.6 is 0 Å². The predicted molar refractivity (Wildman–Crippen MR) is 54.5 cm³/mol. The summed E-state index contributed by atoms with van der Waals surface area (Å²) < 4.78 is 0. The molecule has 1 heterocycles. The van der Waals surface area contributed by atoms with Crippen molar-refractivity contribution in [2.24, 2.45) is 5.92 Å². The molecule has 0 saturated carbocycles. The molecule has 1 aliphatic heterocycles. The van der Waals surface area contributed by atoms with Gasteiger partial charge in [0.2, 0.25) is 5.91 Å². The highest BCUT2D eigenvalue weighted by Gasteiger charge is 2.42. The molecule has 0 aromatic rings. The van der Waals surface area contributed by atoms with Crippen LogP contribution < -0.4 is 0 Å². The molecule has 0 bridgehead atoms. The molecule has 0 aromatic heterocycles. The van der Waals surface area contributed by atoms with Gasteiger partial charge in [0.05, 0.1) is 0 Å². The second-order valence-corrected chi connectivity index (χ2v) is 5.42. The van der Waals surface area contributed by atoms with E-state index in [1.54, 1.807) is 0 Å². The van der Waals surface area contributed by atoms with Crippen LogP contribution in [0.3, 0.4) is 0 Å². The fourth-order valence-electron chi connectivity index (χ4n) is 2.14. The molecule has 1 unspecified atom stereocenters. The highest BCUT2D eigenvalue weighted by Crippen LogP contribution is 2.32. The third kappa shape index (κ3) is 2.23. The first-order valence-electron chi connectivity index (χ1n) is 5.14. The molecular weight excluding hydrogens is 162 g/mol. The molecular formula is C11H21NO. The lowest BCUT2D eigenvalue weighted by atomic mass is 9.87. The van der Waals surface area contributed by atoms with E-state index in [-0.39, 0.29) is 5.54 Å². The van der Waals surface area contributed by atoms with E-state index in [4.69, 9.17) is 0 Å². The average molecular weight is 183 g/mol. The maximum Gasteiger partial charge on any atom is 0.225 e. The van der Waals surface area contributed by atoms with Crippen molar-refractivity contribution in [1.29, 1.82) is 0 Å². The van der Waals surface area contributed by atoms with Crippen LogP contribution in [0.15, 0.2) is 0 Å². The van der Waals surface area contributed by atoms with Gasteiger partial charge >= 0.3 is 0 Å². The van der Waals surface area contributed by atoms with Crippen LogP contribution in [0.4, 0.5) is 0 Å². The van der Waals surface area contributed by atoms with Crippen molar-refractivity contribution in [3.8, 4) is 0 Å². The molecule has 2 heteroatoms. The summed E-state index contributed by atoms with van der Waals surface area (Å²) in [6.45, 7) is 10.7. The van der Waals surface area contributed by atoms with Crippen molar-refractivity contribution >= 4 is 5.91 Å². The fourth-order valence-corrected chi connectivity index (χ4v) is 2.14. The summed E-state index contributed by atoms with van der Waals surface area (Å²) in [5.41, 5.74) is 0.00882. The quantitative estimate of drug-likeness (QED) is 0.602. The number of nitrogens with zero attached hydrogens (tertiary/aromatic N) is 1. The van der Waals surface area contributed by atoms with Crippen molar-refractivity contribution in [2.45, 2.75) is 59.0 Å². The predicted octanol–water partition coefficient (Wildman–Crippen LogP) is 2.43. The van der Waals surface area contributed by atoms with Crippen molar-refractivity contribution in [1.82, 2.24) is 4.90 Å². The van der Waals surface area contributed by atoms with Gasteiger partial charge in [-0.25, -0.2) is 0 Å². The Balaban J connectivity index is 2.57. The van der Waals surface area contributed by atoms with Crippen LogP contribution in [0.5, 0.6) is 0 Å². The Hall–Kier alpha value is -0.530. The van der Waals surface area contributed by atoms with Gasteiger partial charge in [-0.2, -0.15) is 0 Å². The van der Waals surface area contributed by atoms with Crippen LogP contribution in [-0.4, -0.2) is 22.4 Å². The number of carbonyl (C=O) groups excluding carboxylic acids is 1. The summed E-state index contributed by atoms with van der Waals surface area (Å²) in [4.78, 5) is 13.4. The van der Waals surface area contributed by atoms with Crippen molar-refractivity contribution in [3.05, 3.63) is 0 Å². The van der Waals surface area contributed by atoms with Crippen LogP contribution in [0.2, 0.25) is 0 Å². The lowest BCUT2D eigenvalue weighted by Gasteiger charge is -2.49. The Labute approximate surface area is 81.3 Å². The van der Waals surface area contributed by atoms with Gasteiger partial charge < -0.3 is 4.90 Å². The molecule has 0 spiro atoms. The van der Waals surface area contributed by atoms with E-state index in [1.165, 1.54) is 0 Å². The molecule has 0 N–H and O–H groups in total. The molecule has 0 aliphatic carbocycles. The third-order valence-electron chi connectivity index (χ3n) is 2.51. The standard InChI is InChI=1S/C11H21NO/c1-8(2)6-9-7-10(13)12(9)11(3,4)5/h8-9H,6-7H2,1-5H3. The first kappa shape index (κ1) is 10.6. The number of amides is 1. The summed E-state index contributed by atoms with van der Waals surface area (Å²) in [7, 11) is 0. The van der Waals surface area contributed by atoms with Crippen LogP contribution in [0.25, 0.3) is 0 Å². The zero-order valence-corrected chi connectivity index (χ0v) is 9.42. The average Bonchev–Trinajstić information content (AvgIpc) is 1.79. The van der Waals surface area contributed by atoms with E-state index in [2.05, 4.69) is 34.6 Å². The third-order valence-corrected chi connectivity index (χ3v) is 2.51. The molecule has 1 atom stereocenters. The number of β-lactam (4-membered cyclic amide) rings is 1. The van der Waals surface area contributed by atoms with E-state index < -0.39 is 0 Å². The van der Waals surface area contributed by atoms with Gasteiger partial charge in [0.1, 0.15) is 0 Å². The highest BCUT2D eigenvalue weighted by molar-refractivity contribution is 5.83. The maximum atomic E-state index is 11.4. The molecule has 1 saturated heterocycles. The molecule has 1 fully saturated rings. The molecule has 76 valence electrons. The molecule has 0 aromatic carbocycles. The van der Waals surface area contributed by atoms with Crippen molar-refractivity contribution < 1.29 is 4.79 Å². The Kier molecular flexibility index (Phi) is 2.69. The largest absolute Gasteiger partial charge is 0.334 e. The smallest absolute Gasteiger partial charge is 0.225 e. The number of likely N-dealkylation sites (tertiary alicyclic amines) is 1. The van der Waals surface area contributed by atoms with Gasteiger partial charge in [0.15, 0.2) is 0 Å². The Bertz CT molecular complexity index is 203. The van der Waals surface area contributed by atoms with Gasteiger partial charge in [0, 0.05) is 18.0 Å². The second kappa shape index (κ2) is 3.32. The summed E-state index contributed by atoms with van der Waals surface area (Å²) in [5, 5.41) is 0. The molecule has 1 aliphatic rings. The van der Waals surface area contributed by atoms with Crippen LogP contribution in [0.1, 0.15) is 47.5 Å². The van der Waals surface area contributed by atoms with E-state index >= 15 is 0 Å². The summed E-state index contributed by atoms with van der Waals surface area (Å²) >= 11 is 0. The molecule has 2 nitrogen and oxygen atoms in total. The zero-order valence-electron chi connectivity index (χ0n) is 9.42. The molecule has 1 rings (SSSR count). The van der Waals surface area contributed by atoms with Gasteiger partial charge in [0.25, 0.3) is 0 Å². The van der Waals surface area contributed by atoms with Crippen LogP contribution in [-0.2, 0) is 4.79 Å². The van der Waals surface area contributed by atoms with E-state index in [9.17, 15) is 4.79 Å². The SMILES string of the molecule is CC(C)CC1CC(=O)N1C(C)(C)C. The van der Waals surface area contributed by atoms with Gasteiger partial charge in [-0.15, -0.1) is 0 Å². The maximum absolute atomic E-state index is 11.4. The number of rotatable bonds is 2. The van der Waals surface area contributed by atoms with E-state index in [1.807, 2.05) is 4.90 Å². The van der Waals surface area contributed by atoms with Crippen molar-refractivity contribution in [2.75, 3.05) is 0 Å². The summed E-state index contributed by atoms with van der Waals surface area (Å²) in [6, 6.07) is 0.493. The number of hydrogen-bond donors (Lipinski definition) is 0. The Morgan fingerprint density at radius 1 is 1.46 bits per heavy atom. The first-order valence-corrected chi connectivity index (χ1v) is 5.14. The number of carbonyl (C=O) groups is 1. The fraction of sp³-hybridized carbons (Fsp3) is 0.909. The minimum absolute atomic E-state index is 0.00882. The summed E-state index contributed by atoms with van der Waals surface area (Å²) in [5.74, 6) is 1.00. The normalized spacial score (nSPS) is 23.7. The Morgan fingerprint density at radius 3 is 2.31 bits per heavy atom. The highest BCUT2D eigenvalue weighted by atomic mass is 16.2. The van der Waals surface area contributed by atoms with Gasteiger partial charge in [-0.05, 0) is 33.1 Å². The zero-order chi connectivity index (χ0) is 10.2. The first-order chi connectivity index (χ1) is 5.82. The van der Waals surface area contributed by atoms with Crippen LogP contribution in [0, 0.1) is 5.92 Å². The molecule has 13 heavy (non-hydrogen) atoms. The lowest BCUT2D eigenvalue weighted by Crippen LogP contribution is -2.61. The monoisotopic (exact) mass is 183 g/mol. The number of hydrogen-bond acceptors (Lipinski definition) is 1. The minimum Gasteiger partial charge on any atom is -0.334 e. The lowest BCUT2D eigenvalue weighted by molar-refractivity contribution is -0.155. The second-order valence-electron chi connectivity index (χ2n) is 5.42. The van der Waals surface area contributed by atoms with E-state index in [0.717, 1.165) is 12.8 Å². The van der Waals surface area contributed by atoms with Gasteiger partial charge in [-0.1, -0.05) is 13.8 Å². The minimum atomic E-state index is 0.00882. The van der Waals surface area contributed by atoms with Gasteiger partial charge in [-0.3, -0.25) is 4.79 Å². The van der Waals surface area contributed by atoms with E-state index in [0.29, 0.717) is 17.9 Å². The topological polar surface area (TPSA) is 20.3 Å². The molecule has 0 radical (unpaired) electrons. The Morgan fingerprint density at radius 2 is 2.00 bits per heavy atom. The summed E-state index contributed by atoms with van der Waals surface area (Å²) in [6.07, 6.45) is 1.90. The molecule has 1 amide bonds.